The predicted molar refractivity (Wildman–Crippen MR) is 76.5 cm³/mol. The minimum Gasteiger partial charge on any atom is -0.494 e. The molecule has 1 heterocycles. The maximum atomic E-state index is 13.3. The molecule has 0 bridgehead atoms. The highest BCUT2D eigenvalue weighted by molar-refractivity contribution is 5.58. The molecule has 3 nitrogen and oxygen atoms in total. The average Bonchev–Trinajstić information content (AvgIpc) is 2.37. The zero-order valence-electron chi connectivity index (χ0n) is 11.9. The highest BCUT2D eigenvalue weighted by atomic mass is 19.1. The highest BCUT2D eigenvalue weighted by Crippen LogP contribution is 2.30. The molecule has 1 aliphatic heterocycles. The fourth-order valence-corrected chi connectivity index (χ4v) is 2.62. The second-order valence-corrected chi connectivity index (χ2v) is 5.35. The quantitative estimate of drug-likeness (QED) is 0.891. The van der Waals surface area contributed by atoms with Crippen molar-refractivity contribution in [2.75, 3.05) is 25.1 Å². The Labute approximate surface area is 114 Å². The molecule has 1 aromatic rings. The first kappa shape index (κ1) is 14.1. The Kier molecular flexibility index (Phi) is 4.64. The molecule has 0 amide bonds. The van der Waals surface area contributed by atoms with Crippen LogP contribution in [-0.2, 0) is 0 Å². The molecular weight excluding hydrogens is 243 g/mol. The smallest absolute Gasteiger partial charge is 0.145 e. The topological polar surface area (TPSA) is 24.5 Å². The van der Waals surface area contributed by atoms with Gasteiger partial charge in [0.2, 0.25) is 0 Å². The molecule has 0 aromatic heterocycles. The summed E-state index contributed by atoms with van der Waals surface area (Å²) in [5.74, 6) is 0.366. The summed E-state index contributed by atoms with van der Waals surface area (Å²) in [7, 11) is 1.59. The lowest BCUT2D eigenvalue weighted by atomic mass is 10.1. The number of benzene rings is 1. The first-order valence-corrected chi connectivity index (χ1v) is 6.94. The Balaban J connectivity index is 2.19. The van der Waals surface area contributed by atoms with Crippen LogP contribution >= 0.6 is 0 Å². The van der Waals surface area contributed by atoms with E-state index in [1.54, 1.807) is 7.11 Å². The third-order valence-corrected chi connectivity index (χ3v) is 3.72. The van der Waals surface area contributed by atoms with Crippen molar-refractivity contribution in [2.24, 2.45) is 0 Å². The van der Waals surface area contributed by atoms with Gasteiger partial charge in [0.15, 0.2) is 0 Å². The van der Waals surface area contributed by atoms with Crippen LogP contribution < -0.4 is 15.0 Å². The Morgan fingerprint density at radius 2 is 1.84 bits per heavy atom. The highest BCUT2D eigenvalue weighted by Gasteiger charge is 2.18. The molecule has 1 N–H and O–H groups in total. The fraction of sp³-hybridized carbons (Fsp3) is 0.600. The Hall–Kier alpha value is -1.29. The maximum Gasteiger partial charge on any atom is 0.145 e. The zero-order valence-corrected chi connectivity index (χ0v) is 11.9. The van der Waals surface area contributed by atoms with Gasteiger partial charge in [-0.25, -0.2) is 4.39 Å². The average molecular weight is 266 g/mol. The Morgan fingerprint density at radius 3 is 2.42 bits per heavy atom. The van der Waals surface area contributed by atoms with Crippen molar-refractivity contribution in [3.8, 4) is 5.75 Å². The minimum absolute atomic E-state index is 0.254. The number of ether oxygens (including phenoxy) is 1. The molecule has 2 atom stereocenters. The molecule has 0 saturated carbocycles. The molecule has 0 spiro atoms. The van der Waals surface area contributed by atoms with Gasteiger partial charge in [-0.1, -0.05) is 0 Å². The van der Waals surface area contributed by atoms with Gasteiger partial charge in [-0.3, -0.25) is 0 Å². The molecular formula is C15H23FN2O. The van der Waals surface area contributed by atoms with Gasteiger partial charge >= 0.3 is 0 Å². The van der Waals surface area contributed by atoms with Crippen molar-refractivity contribution in [1.29, 1.82) is 0 Å². The molecule has 19 heavy (non-hydrogen) atoms. The van der Waals surface area contributed by atoms with E-state index in [4.69, 9.17) is 4.74 Å². The Morgan fingerprint density at radius 1 is 1.21 bits per heavy atom. The normalized spacial score (nSPS) is 24.7. The second kappa shape index (κ2) is 6.24. The second-order valence-electron chi connectivity index (χ2n) is 5.35. The summed E-state index contributed by atoms with van der Waals surface area (Å²) < 4.78 is 18.6. The van der Waals surface area contributed by atoms with E-state index in [1.807, 2.05) is 6.07 Å². The third kappa shape index (κ3) is 3.60. The van der Waals surface area contributed by atoms with Crippen LogP contribution in [0.15, 0.2) is 18.2 Å². The lowest BCUT2D eigenvalue weighted by molar-refractivity contribution is 0.393. The van der Waals surface area contributed by atoms with Gasteiger partial charge in [-0.15, -0.1) is 0 Å². The first-order valence-electron chi connectivity index (χ1n) is 6.94. The number of nitrogens with one attached hydrogen (secondary N) is 1. The molecule has 2 rings (SSSR count). The third-order valence-electron chi connectivity index (χ3n) is 3.72. The van der Waals surface area contributed by atoms with Crippen LogP contribution in [0.2, 0.25) is 0 Å². The van der Waals surface area contributed by atoms with Crippen LogP contribution in [0.25, 0.3) is 0 Å². The molecule has 1 aromatic carbocycles. The molecule has 2 unspecified atom stereocenters. The summed E-state index contributed by atoms with van der Waals surface area (Å²) in [4.78, 5) is 2.30. The van der Waals surface area contributed by atoms with Gasteiger partial charge in [0.05, 0.1) is 12.8 Å². The fourth-order valence-electron chi connectivity index (χ4n) is 2.62. The SMILES string of the molecule is COc1cc(F)ccc1N1CCC(C)NC(C)CC1. The molecule has 106 valence electrons. The van der Waals surface area contributed by atoms with Gasteiger partial charge in [0, 0.05) is 31.2 Å². The van der Waals surface area contributed by atoms with Crippen LogP contribution in [0.4, 0.5) is 10.1 Å². The Bertz CT molecular complexity index is 413. The van der Waals surface area contributed by atoms with Gasteiger partial charge in [-0.05, 0) is 38.8 Å². The van der Waals surface area contributed by atoms with Crippen molar-refractivity contribution in [2.45, 2.75) is 38.8 Å². The minimum atomic E-state index is -0.254. The van der Waals surface area contributed by atoms with E-state index in [0.717, 1.165) is 31.6 Å². The lowest BCUT2D eigenvalue weighted by Crippen LogP contribution is -2.43. The summed E-state index contributed by atoms with van der Waals surface area (Å²) in [5.41, 5.74) is 0.991. The molecule has 4 heteroatoms. The van der Waals surface area contributed by atoms with Crippen LogP contribution in [0.1, 0.15) is 26.7 Å². The van der Waals surface area contributed by atoms with Crippen molar-refractivity contribution < 1.29 is 9.13 Å². The predicted octanol–water partition coefficient (Wildman–Crippen LogP) is 2.80. The lowest BCUT2D eigenvalue weighted by Gasteiger charge is -2.33. The van der Waals surface area contributed by atoms with Gasteiger partial charge in [0.1, 0.15) is 11.6 Å². The van der Waals surface area contributed by atoms with E-state index in [2.05, 4.69) is 24.1 Å². The summed E-state index contributed by atoms with van der Waals surface area (Å²) in [6.07, 6.45) is 2.15. The maximum absolute atomic E-state index is 13.3. The van der Waals surface area contributed by atoms with Crippen molar-refractivity contribution >= 4 is 5.69 Å². The van der Waals surface area contributed by atoms with E-state index in [-0.39, 0.29) is 5.82 Å². The van der Waals surface area contributed by atoms with Crippen LogP contribution in [0, 0.1) is 5.82 Å². The number of hydrogen-bond acceptors (Lipinski definition) is 3. The number of anilines is 1. The summed E-state index contributed by atoms with van der Waals surface area (Å²) in [6, 6.07) is 5.79. The van der Waals surface area contributed by atoms with Crippen molar-refractivity contribution in [1.82, 2.24) is 5.32 Å². The molecule has 1 aliphatic rings. The van der Waals surface area contributed by atoms with E-state index in [9.17, 15) is 4.39 Å². The molecule has 0 aliphatic carbocycles. The summed E-state index contributed by atoms with van der Waals surface area (Å²) >= 11 is 0. The zero-order chi connectivity index (χ0) is 13.8. The van der Waals surface area contributed by atoms with Gasteiger partial charge in [-0.2, -0.15) is 0 Å². The number of halogens is 1. The number of hydrogen-bond donors (Lipinski definition) is 1. The largest absolute Gasteiger partial charge is 0.494 e. The van der Waals surface area contributed by atoms with Gasteiger partial charge in [0.25, 0.3) is 0 Å². The van der Waals surface area contributed by atoms with E-state index in [0.29, 0.717) is 17.8 Å². The van der Waals surface area contributed by atoms with Crippen LogP contribution in [0.5, 0.6) is 5.75 Å². The van der Waals surface area contributed by atoms with Crippen molar-refractivity contribution in [3.63, 3.8) is 0 Å². The first-order chi connectivity index (χ1) is 9.10. The number of methoxy groups -OCH3 is 1. The summed E-state index contributed by atoms with van der Waals surface area (Å²) in [5, 5.41) is 3.57. The van der Waals surface area contributed by atoms with E-state index < -0.39 is 0 Å². The van der Waals surface area contributed by atoms with Crippen molar-refractivity contribution in [3.05, 3.63) is 24.0 Å². The van der Waals surface area contributed by atoms with Gasteiger partial charge < -0.3 is 15.0 Å². The summed E-state index contributed by atoms with van der Waals surface area (Å²) in [6.45, 7) is 6.34. The molecule has 0 radical (unpaired) electrons. The van der Waals surface area contributed by atoms with E-state index in [1.165, 1.54) is 12.1 Å². The molecule has 1 saturated heterocycles. The monoisotopic (exact) mass is 266 g/mol. The molecule has 1 fully saturated rings. The van der Waals surface area contributed by atoms with Crippen LogP contribution in [-0.4, -0.2) is 32.3 Å². The number of rotatable bonds is 2. The standard InChI is InChI=1S/C15H23FN2O/c1-11-6-8-18(9-7-12(2)17-11)14-5-4-13(16)10-15(14)19-3/h4-5,10-12,17H,6-9H2,1-3H3. The van der Waals surface area contributed by atoms with Crippen LogP contribution in [0.3, 0.4) is 0 Å². The number of nitrogens with zero attached hydrogens (tertiary/aromatic N) is 1. The van der Waals surface area contributed by atoms with E-state index >= 15 is 0 Å².